The standard InChI is InChI=1S/C25H25N5O5S.C24H23N5O5S/c1-15-21(16(2)29-25(28-15)26-11-5-8-17-7-4-9-18(31)13-17)23(33)30-19(24(34)35-3)14-27-22(32)20-10-6-12-36-20;1-14-20(22(32)29-18(23(33)34)13-26-21(31)19-9-5-11-35-19)15(2)28-24(27-14)25-10-4-7-16-6-3-8-17(30)12-16/h4,6-7,9-10,12-13,19,31H,11,14H2,1-3H3,(H,27,32)(H,30,33)(H,26,28,29);3,5-6,8-9,11-12,18,30H,10,13H2,1-2H3,(H,26,31)(H,29,32)(H,33,34)(H,25,27,28)/t19-;18-/m00/s1. The Labute approximate surface area is 415 Å². The molecule has 22 heteroatoms. The third kappa shape index (κ3) is 16.1. The Morgan fingerprint density at radius 1 is 0.592 bits per heavy atom. The summed E-state index contributed by atoms with van der Waals surface area (Å²) in [4.78, 5) is 92.0. The molecular formula is C49H48N10O10S2. The molecule has 71 heavy (non-hydrogen) atoms. The van der Waals surface area contributed by atoms with Crippen molar-refractivity contribution in [3.8, 4) is 35.2 Å². The Morgan fingerprint density at radius 3 is 1.37 bits per heavy atom. The molecule has 4 heterocycles. The molecule has 0 spiro atoms. The van der Waals surface area contributed by atoms with Gasteiger partial charge in [-0.05, 0) is 87.0 Å². The minimum absolute atomic E-state index is 0.128. The number of carboxylic acid groups (broad SMARTS) is 1. The van der Waals surface area contributed by atoms with E-state index in [2.05, 4.69) is 75.5 Å². The lowest BCUT2D eigenvalue weighted by molar-refractivity contribution is -0.142. The number of benzene rings is 2. The van der Waals surface area contributed by atoms with E-state index >= 15 is 0 Å². The zero-order chi connectivity index (χ0) is 51.5. The highest BCUT2D eigenvalue weighted by Crippen LogP contribution is 2.16. The number of hydrogen-bond acceptors (Lipinski definition) is 17. The molecule has 6 aromatic rings. The first-order valence-electron chi connectivity index (χ1n) is 21.3. The lowest BCUT2D eigenvalue weighted by Gasteiger charge is -2.18. The van der Waals surface area contributed by atoms with Crippen molar-refractivity contribution in [1.82, 2.24) is 41.2 Å². The second-order valence-electron chi connectivity index (χ2n) is 14.9. The SMILES string of the molecule is COC(=O)[C@H](CNC(=O)c1cccs1)NC(=O)c1c(C)nc(NCC#Cc2cccc(O)c2)nc1C.Cc1nc(NCC#Cc2cccc(O)c2)nc(C)c1C(=O)N[C@@H](CNC(=O)c1cccs1)C(=O)O. The van der Waals surface area contributed by atoms with Crippen LogP contribution in [0.2, 0.25) is 0 Å². The van der Waals surface area contributed by atoms with Crippen LogP contribution in [0.5, 0.6) is 11.5 Å². The number of phenolic OH excluding ortho intramolecular Hbond substituents is 2. The molecule has 0 aliphatic rings. The van der Waals surface area contributed by atoms with E-state index < -0.39 is 41.7 Å². The van der Waals surface area contributed by atoms with E-state index in [0.717, 1.165) is 0 Å². The van der Waals surface area contributed by atoms with Crippen LogP contribution in [-0.2, 0) is 14.3 Å². The summed E-state index contributed by atoms with van der Waals surface area (Å²) >= 11 is 2.49. The number of carbonyl (C=O) groups excluding carboxylic acids is 5. The maximum atomic E-state index is 13.0. The molecule has 4 amide bonds. The summed E-state index contributed by atoms with van der Waals surface area (Å²) in [6.07, 6.45) is 0. The van der Waals surface area contributed by atoms with Gasteiger partial charge < -0.3 is 52.0 Å². The minimum atomic E-state index is -1.34. The Bertz CT molecular complexity index is 2970. The summed E-state index contributed by atoms with van der Waals surface area (Å²) in [5, 5.41) is 48.0. The van der Waals surface area contributed by atoms with E-state index in [-0.39, 0.29) is 60.7 Å². The van der Waals surface area contributed by atoms with Crippen LogP contribution in [0.1, 0.15) is 74.0 Å². The molecule has 6 rings (SSSR count). The van der Waals surface area contributed by atoms with Crippen molar-refractivity contribution < 1.29 is 48.8 Å². The summed E-state index contributed by atoms with van der Waals surface area (Å²) in [5.41, 5.74) is 3.19. The average Bonchev–Trinajstić information content (AvgIpc) is 4.08. The highest BCUT2D eigenvalue weighted by atomic mass is 32.1. The van der Waals surface area contributed by atoms with Crippen LogP contribution in [0, 0.1) is 51.4 Å². The predicted octanol–water partition coefficient (Wildman–Crippen LogP) is 3.96. The molecule has 20 nitrogen and oxygen atoms in total. The number of nitrogens with zero attached hydrogens (tertiary/aromatic N) is 4. The van der Waals surface area contributed by atoms with Crippen LogP contribution < -0.4 is 31.9 Å². The number of anilines is 2. The van der Waals surface area contributed by atoms with Crippen molar-refractivity contribution in [1.29, 1.82) is 0 Å². The van der Waals surface area contributed by atoms with E-state index in [1.54, 1.807) is 111 Å². The number of aromatic hydroxyl groups is 2. The number of aryl methyl sites for hydroxylation is 4. The van der Waals surface area contributed by atoms with Gasteiger partial charge in [-0.25, -0.2) is 29.5 Å². The zero-order valence-corrected chi connectivity index (χ0v) is 40.5. The van der Waals surface area contributed by atoms with Gasteiger partial charge in [0.2, 0.25) is 11.9 Å². The Kier molecular flexibility index (Phi) is 19.5. The first-order valence-corrected chi connectivity index (χ1v) is 23.1. The number of hydrogen-bond donors (Lipinski definition) is 9. The summed E-state index contributed by atoms with van der Waals surface area (Å²) in [5.74, 6) is 8.46. The van der Waals surface area contributed by atoms with Crippen molar-refractivity contribution in [3.05, 3.63) is 138 Å². The number of aliphatic carboxylic acids is 1. The third-order valence-corrected chi connectivity index (χ3v) is 11.4. The molecule has 2 atom stereocenters. The van der Waals surface area contributed by atoms with Crippen molar-refractivity contribution >= 4 is 70.1 Å². The number of ether oxygens (including phenoxy) is 1. The van der Waals surface area contributed by atoms with E-state index in [1.807, 2.05) is 0 Å². The highest BCUT2D eigenvalue weighted by molar-refractivity contribution is 7.12. The number of esters is 1. The van der Waals surface area contributed by atoms with Crippen LogP contribution in [0.15, 0.2) is 83.6 Å². The fraction of sp³-hybridized carbons (Fsp3) is 0.224. The Morgan fingerprint density at radius 2 is 1.00 bits per heavy atom. The van der Waals surface area contributed by atoms with Crippen molar-refractivity contribution in [2.24, 2.45) is 0 Å². The van der Waals surface area contributed by atoms with E-state index in [0.29, 0.717) is 49.6 Å². The smallest absolute Gasteiger partial charge is 0.330 e. The van der Waals surface area contributed by atoms with Crippen molar-refractivity contribution in [2.45, 2.75) is 39.8 Å². The molecule has 0 saturated carbocycles. The van der Waals surface area contributed by atoms with Gasteiger partial charge in [0, 0.05) is 24.2 Å². The van der Waals surface area contributed by atoms with E-state index in [1.165, 1.54) is 29.8 Å². The van der Waals surface area contributed by atoms with Gasteiger partial charge in [0.25, 0.3) is 23.6 Å². The molecule has 0 aliphatic heterocycles. The van der Waals surface area contributed by atoms with Gasteiger partial charge in [0.15, 0.2) is 0 Å². The normalized spacial score (nSPS) is 11.0. The van der Waals surface area contributed by atoms with Crippen LogP contribution in [0.3, 0.4) is 0 Å². The summed E-state index contributed by atoms with van der Waals surface area (Å²) in [6.45, 7) is 6.57. The van der Waals surface area contributed by atoms with Crippen molar-refractivity contribution in [2.75, 3.05) is 43.9 Å². The van der Waals surface area contributed by atoms with E-state index in [4.69, 9.17) is 4.74 Å². The number of aromatic nitrogens is 4. The largest absolute Gasteiger partial charge is 0.508 e. The van der Waals surface area contributed by atoms with Gasteiger partial charge in [-0.2, -0.15) is 0 Å². The van der Waals surface area contributed by atoms with Gasteiger partial charge in [-0.1, -0.05) is 47.9 Å². The van der Waals surface area contributed by atoms with Gasteiger partial charge >= 0.3 is 11.9 Å². The fourth-order valence-corrected chi connectivity index (χ4v) is 7.61. The van der Waals surface area contributed by atoms with Crippen LogP contribution in [-0.4, -0.2) is 116 Å². The number of nitrogens with one attached hydrogen (secondary N) is 6. The van der Waals surface area contributed by atoms with Gasteiger partial charge in [0.05, 0.1) is 63.9 Å². The molecule has 366 valence electrons. The molecule has 0 unspecified atom stereocenters. The van der Waals surface area contributed by atoms with Crippen LogP contribution in [0.25, 0.3) is 0 Å². The summed E-state index contributed by atoms with van der Waals surface area (Å²) in [7, 11) is 1.20. The van der Waals surface area contributed by atoms with Crippen LogP contribution in [0.4, 0.5) is 11.9 Å². The molecule has 2 aromatic carbocycles. The number of carboxylic acids is 1. The molecule has 9 N–H and O–H groups in total. The second kappa shape index (κ2) is 26.0. The van der Waals surface area contributed by atoms with Gasteiger partial charge in [-0.15, -0.1) is 22.7 Å². The number of carbonyl (C=O) groups is 6. The number of methoxy groups -OCH3 is 1. The lowest BCUT2D eigenvalue weighted by Crippen LogP contribution is -2.49. The van der Waals surface area contributed by atoms with Gasteiger partial charge in [0.1, 0.15) is 23.6 Å². The van der Waals surface area contributed by atoms with Gasteiger partial charge in [-0.3, -0.25) is 19.2 Å². The second-order valence-corrected chi connectivity index (χ2v) is 16.8. The average molecular weight is 1000 g/mol. The third-order valence-electron chi connectivity index (χ3n) is 9.64. The highest BCUT2D eigenvalue weighted by Gasteiger charge is 2.27. The van der Waals surface area contributed by atoms with Crippen molar-refractivity contribution in [3.63, 3.8) is 0 Å². The maximum Gasteiger partial charge on any atom is 0.330 e. The number of amides is 4. The number of rotatable bonds is 16. The first-order chi connectivity index (χ1) is 34.0. The number of thiophene rings is 2. The molecule has 0 bridgehead atoms. The molecule has 0 fully saturated rings. The topological polar surface area (TPSA) is 296 Å². The minimum Gasteiger partial charge on any atom is -0.508 e. The maximum absolute atomic E-state index is 13.0. The molecule has 4 aromatic heterocycles. The first kappa shape index (κ1) is 53.1. The van der Waals surface area contributed by atoms with E-state index in [9.17, 15) is 44.1 Å². The molecular weight excluding hydrogens is 953 g/mol. The summed E-state index contributed by atoms with van der Waals surface area (Å²) in [6, 6.07) is 17.4. The predicted molar refractivity (Wildman–Crippen MR) is 265 cm³/mol. The molecule has 0 saturated heterocycles. The Hall–Kier alpha value is -8.86. The quantitative estimate of drug-likeness (QED) is 0.0490. The lowest BCUT2D eigenvalue weighted by atomic mass is 10.1. The van der Waals surface area contributed by atoms with Crippen LogP contribution >= 0.6 is 22.7 Å². The number of phenols is 2. The summed E-state index contributed by atoms with van der Waals surface area (Å²) < 4.78 is 4.77. The molecule has 0 aliphatic carbocycles. The molecule has 0 radical (unpaired) electrons. The zero-order valence-electron chi connectivity index (χ0n) is 38.9. The Balaban J connectivity index is 0.000000264. The fourth-order valence-electron chi connectivity index (χ4n) is 6.33. The monoisotopic (exact) mass is 1000 g/mol.